The first-order chi connectivity index (χ1) is 20.9. The minimum Gasteiger partial charge on any atom is -0.288 e. The zero-order chi connectivity index (χ0) is 29.0. The summed E-state index contributed by atoms with van der Waals surface area (Å²) in [5.41, 5.74) is 14.6. The fraction of sp³-hybridized carbons (Fsp3) is 0.0732. The van der Waals surface area contributed by atoms with Gasteiger partial charge in [-0.1, -0.05) is 117 Å². The monoisotopic (exact) mass is 550 g/mol. The molecule has 6 aromatic rings. The van der Waals surface area contributed by atoms with Crippen molar-refractivity contribution in [3.8, 4) is 44.5 Å². The molecular weight excluding hydrogens is 524 g/mol. The molecule has 0 aliphatic heterocycles. The molecule has 0 fully saturated rings. The van der Waals surface area contributed by atoms with E-state index in [-0.39, 0.29) is 22.6 Å². The molecular formula is C41H26O2. The quantitative estimate of drug-likeness (QED) is 0.159. The minimum atomic E-state index is -0.197. The Hall–Kier alpha value is -5.34. The van der Waals surface area contributed by atoms with E-state index in [1.165, 1.54) is 60.8 Å². The van der Waals surface area contributed by atoms with Crippen LogP contribution in [0.25, 0.3) is 61.4 Å². The zero-order valence-electron chi connectivity index (χ0n) is 23.9. The van der Waals surface area contributed by atoms with E-state index in [9.17, 15) is 9.59 Å². The first-order valence-corrected chi connectivity index (χ1v) is 14.8. The first-order valence-electron chi connectivity index (χ1n) is 14.8. The first kappa shape index (κ1) is 24.3. The van der Waals surface area contributed by atoms with Gasteiger partial charge in [-0.3, -0.25) is 9.59 Å². The van der Waals surface area contributed by atoms with Crippen molar-refractivity contribution in [1.82, 2.24) is 0 Å². The van der Waals surface area contributed by atoms with Gasteiger partial charge in [-0.15, -0.1) is 0 Å². The van der Waals surface area contributed by atoms with Crippen molar-refractivity contribution in [2.24, 2.45) is 0 Å². The number of Topliss-reactive ketones (excluding diaryl/α,β-unsaturated/α-hetero) is 2. The van der Waals surface area contributed by atoms with Crippen molar-refractivity contribution in [3.05, 3.63) is 149 Å². The van der Waals surface area contributed by atoms with Gasteiger partial charge in [0.1, 0.15) is 0 Å². The molecule has 0 saturated heterocycles. The Morgan fingerprint density at radius 2 is 1.09 bits per heavy atom. The minimum absolute atomic E-state index is 0.0542. The molecule has 43 heavy (non-hydrogen) atoms. The highest BCUT2D eigenvalue weighted by molar-refractivity contribution is 6.41. The number of carbonyl (C=O) groups excluding carboxylic acids is 2. The van der Waals surface area contributed by atoms with Crippen LogP contribution in [0, 0.1) is 0 Å². The fourth-order valence-corrected chi connectivity index (χ4v) is 7.66. The number of benzene rings is 6. The molecule has 0 radical (unpaired) electrons. The fourth-order valence-electron chi connectivity index (χ4n) is 7.66. The Morgan fingerprint density at radius 1 is 0.488 bits per heavy atom. The van der Waals surface area contributed by atoms with E-state index in [0.29, 0.717) is 11.1 Å². The molecule has 0 spiro atoms. The summed E-state index contributed by atoms with van der Waals surface area (Å²) in [6.07, 6.45) is 1.75. The van der Waals surface area contributed by atoms with Gasteiger partial charge < -0.3 is 0 Å². The lowest BCUT2D eigenvalue weighted by Crippen LogP contribution is -2.14. The highest BCUT2D eigenvalue weighted by atomic mass is 16.2. The van der Waals surface area contributed by atoms with Gasteiger partial charge in [-0.25, -0.2) is 0 Å². The number of carbonyl (C=O) groups is 2. The second kappa shape index (κ2) is 8.36. The zero-order valence-corrected chi connectivity index (χ0v) is 23.9. The summed E-state index contributed by atoms with van der Waals surface area (Å²) < 4.78 is 0. The average molecular weight is 551 g/mol. The molecule has 9 rings (SSSR count). The van der Waals surface area contributed by atoms with Crippen LogP contribution in [0.2, 0.25) is 0 Å². The van der Waals surface area contributed by atoms with Crippen LogP contribution in [0.3, 0.4) is 0 Å². The topological polar surface area (TPSA) is 34.1 Å². The highest BCUT2D eigenvalue weighted by Crippen LogP contribution is 2.52. The standard InChI is InChI=1S/C41H26O2/c1-41(2)36-13-6-5-8-27(36)28-17-15-24(22-37(28)41)25-18-19-31-26-16-14-23(20-34(26)30-12-7-11-29(25)38(30)31)21-35-39(42)32-9-3-4-10-33(32)40(35)43/h3-22H,1-2H3. The predicted molar refractivity (Wildman–Crippen MR) is 174 cm³/mol. The lowest BCUT2D eigenvalue weighted by molar-refractivity contribution is 0.0990. The second-order valence-corrected chi connectivity index (χ2v) is 12.4. The molecule has 0 heterocycles. The van der Waals surface area contributed by atoms with Gasteiger partial charge in [0, 0.05) is 16.5 Å². The Balaban J connectivity index is 1.16. The van der Waals surface area contributed by atoms with Crippen LogP contribution in [0.15, 0.2) is 121 Å². The molecule has 3 aliphatic rings. The number of allylic oxidation sites excluding steroid dienone is 1. The molecule has 6 aromatic carbocycles. The summed E-state index contributed by atoms with van der Waals surface area (Å²) in [7, 11) is 0. The van der Waals surface area contributed by atoms with Crippen LogP contribution in [-0.4, -0.2) is 11.6 Å². The van der Waals surface area contributed by atoms with Gasteiger partial charge in [0.2, 0.25) is 0 Å². The molecule has 3 aliphatic carbocycles. The Kier molecular flexibility index (Phi) is 4.72. The Labute approximate surface area is 250 Å². The number of rotatable bonds is 2. The van der Waals surface area contributed by atoms with Crippen molar-refractivity contribution < 1.29 is 9.59 Å². The smallest absolute Gasteiger partial charge is 0.197 e. The predicted octanol–water partition coefficient (Wildman–Crippen LogP) is 9.92. The normalized spacial score (nSPS) is 15.0. The second-order valence-electron chi connectivity index (χ2n) is 12.4. The summed E-state index contributed by atoms with van der Waals surface area (Å²) in [5.74, 6) is -0.395. The number of hydrogen-bond acceptors (Lipinski definition) is 2. The summed E-state index contributed by atoms with van der Waals surface area (Å²) in [4.78, 5) is 26.1. The largest absolute Gasteiger partial charge is 0.288 e. The molecule has 2 heteroatoms. The molecule has 2 nitrogen and oxygen atoms in total. The molecule has 0 amide bonds. The summed E-state index contributed by atoms with van der Waals surface area (Å²) >= 11 is 0. The number of fused-ring (bicyclic) bond motifs is 7. The van der Waals surface area contributed by atoms with E-state index in [1.54, 1.807) is 30.3 Å². The van der Waals surface area contributed by atoms with Crippen molar-refractivity contribution >= 4 is 28.4 Å². The van der Waals surface area contributed by atoms with Crippen LogP contribution >= 0.6 is 0 Å². The van der Waals surface area contributed by atoms with Gasteiger partial charge in [-0.05, 0) is 90.2 Å². The molecule has 0 N–H and O–H groups in total. The summed E-state index contributed by atoms with van der Waals surface area (Å²) in [6, 6.07) is 40.1. The van der Waals surface area contributed by atoms with E-state index in [2.05, 4.69) is 98.8 Å². The van der Waals surface area contributed by atoms with Crippen LogP contribution in [0.1, 0.15) is 51.3 Å². The van der Waals surface area contributed by atoms with Crippen molar-refractivity contribution in [1.29, 1.82) is 0 Å². The van der Waals surface area contributed by atoms with Gasteiger partial charge >= 0.3 is 0 Å². The lowest BCUT2D eigenvalue weighted by Gasteiger charge is -2.22. The third kappa shape index (κ3) is 3.18. The average Bonchev–Trinajstić information content (AvgIpc) is 3.58. The highest BCUT2D eigenvalue weighted by Gasteiger charge is 2.36. The van der Waals surface area contributed by atoms with E-state index in [4.69, 9.17) is 0 Å². The van der Waals surface area contributed by atoms with Gasteiger partial charge in [0.15, 0.2) is 11.6 Å². The van der Waals surface area contributed by atoms with Crippen LogP contribution in [0.5, 0.6) is 0 Å². The van der Waals surface area contributed by atoms with Crippen LogP contribution < -0.4 is 0 Å². The Bertz CT molecular complexity index is 2260. The van der Waals surface area contributed by atoms with Gasteiger partial charge in [-0.2, -0.15) is 0 Å². The lowest BCUT2D eigenvalue weighted by atomic mass is 9.81. The maximum absolute atomic E-state index is 13.0. The molecule has 0 aromatic heterocycles. The van der Waals surface area contributed by atoms with E-state index >= 15 is 0 Å². The van der Waals surface area contributed by atoms with E-state index in [0.717, 1.165) is 11.1 Å². The third-order valence-corrected chi connectivity index (χ3v) is 9.78. The summed E-state index contributed by atoms with van der Waals surface area (Å²) in [6.45, 7) is 4.65. The molecule has 0 unspecified atom stereocenters. The van der Waals surface area contributed by atoms with Gasteiger partial charge in [0.05, 0.1) is 5.57 Å². The van der Waals surface area contributed by atoms with Crippen LogP contribution in [-0.2, 0) is 5.41 Å². The summed E-state index contributed by atoms with van der Waals surface area (Å²) in [5, 5.41) is 2.49. The van der Waals surface area contributed by atoms with Gasteiger partial charge in [0.25, 0.3) is 0 Å². The van der Waals surface area contributed by atoms with E-state index < -0.39 is 0 Å². The maximum atomic E-state index is 13.0. The number of ketones is 2. The van der Waals surface area contributed by atoms with Crippen molar-refractivity contribution in [2.75, 3.05) is 0 Å². The number of hydrogen-bond donors (Lipinski definition) is 0. The molecule has 0 bridgehead atoms. The van der Waals surface area contributed by atoms with Crippen molar-refractivity contribution in [2.45, 2.75) is 19.3 Å². The Morgan fingerprint density at radius 3 is 1.88 bits per heavy atom. The van der Waals surface area contributed by atoms with E-state index in [1.807, 2.05) is 6.07 Å². The van der Waals surface area contributed by atoms with Crippen molar-refractivity contribution in [3.63, 3.8) is 0 Å². The molecule has 202 valence electrons. The molecule has 0 atom stereocenters. The third-order valence-electron chi connectivity index (χ3n) is 9.78. The molecule has 0 saturated carbocycles. The SMILES string of the molecule is CC1(C)c2ccccc2-c2ccc(-c3ccc4c5c(cccc35)-c3cc(C=C5C(=O)c6ccccc6C5=O)ccc3-4)cc21. The van der Waals surface area contributed by atoms with Crippen LogP contribution in [0.4, 0.5) is 0 Å². The maximum Gasteiger partial charge on any atom is 0.197 e.